The summed E-state index contributed by atoms with van der Waals surface area (Å²) in [7, 11) is 0. The molecule has 0 unspecified atom stereocenters. The van der Waals surface area contributed by atoms with Crippen LogP contribution in [-0.2, 0) is 13.2 Å². The van der Waals surface area contributed by atoms with Gasteiger partial charge in [0, 0.05) is 6.54 Å². The molecule has 0 aliphatic carbocycles. The van der Waals surface area contributed by atoms with Crippen molar-refractivity contribution in [3.8, 4) is 0 Å². The molecule has 102 valence electrons. The second kappa shape index (κ2) is 5.48. The van der Waals surface area contributed by atoms with Gasteiger partial charge in [-0.05, 0) is 23.3 Å². The average molecular weight is 285 g/mol. The minimum absolute atomic E-state index is 0.0563. The molecule has 0 aliphatic rings. The number of rotatable bonds is 4. The molecule has 20 heavy (non-hydrogen) atoms. The second-order valence-electron chi connectivity index (χ2n) is 4.56. The molecule has 5 heteroatoms. The van der Waals surface area contributed by atoms with Crippen molar-refractivity contribution in [2.24, 2.45) is 0 Å². The third-order valence-electron chi connectivity index (χ3n) is 3.20. The van der Waals surface area contributed by atoms with E-state index in [1.165, 1.54) is 0 Å². The third kappa shape index (κ3) is 2.45. The van der Waals surface area contributed by atoms with E-state index >= 15 is 0 Å². The average Bonchev–Trinajstić information content (AvgIpc) is 2.96. The summed E-state index contributed by atoms with van der Waals surface area (Å²) in [6.45, 7) is 0.717. The van der Waals surface area contributed by atoms with E-state index in [9.17, 15) is 0 Å². The molecule has 0 spiro atoms. The Kier molecular flexibility index (Phi) is 3.54. The Morgan fingerprint density at radius 1 is 1.20 bits per heavy atom. The molecule has 3 aromatic rings. The van der Waals surface area contributed by atoms with Gasteiger partial charge in [-0.15, -0.1) is 11.3 Å². The molecule has 0 atom stereocenters. The maximum atomic E-state index is 9.14. The first kappa shape index (κ1) is 12.9. The summed E-state index contributed by atoms with van der Waals surface area (Å²) in [5.74, 6) is 0. The number of hydrogen-bond donors (Lipinski definition) is 3. The SMILES string of the molecule is Nc1c(NCc2cccc(CO)c2)ccc2scnc12. The fourth-order valence-electron chi connectivity index (χ4n) is 2.14. The van der Waals surface area contributed by atoms with Gasteiger partial charge in [0.25, 0.3) is 0 Å². The Balaban J connectivity index is 1.80. The molecule has 3 rings (SSSR count). The highest BCUT2D eigenvalue weighted by Crippen LogP contribution is 2.30. The molecule has 0 fully saturated rings. The summed E-state index contributed by atoms with van der Waals surface area (Å²) >= 11 is 1.58. The quantitative estimate of drug-likeness (QED) is 0.644. The first-order valence-electron chi connectivity index (χ1n) is 6.32. The van der Waals surface area contributed by atoms with Crippen molar-refractivity contribution in [2.45, 2.75) is 13.2 Å². The normalized spacial score (nSPS) is 10.8. The van der Waals surface area contributed by atoms with Gasteiger partial charge in [-0.1, -0.05) is 24.3 Å². The van der Waals surface area contributed by atoms with Crippen LogP contribution in [0, 0.1) is 0 Å². The van der Waals surface area contributed by atoms with Crippen molar-refractivity contribution in [2.75, 3.05) is 11.1 Å². The standard InChI is InChI=1S/C15H15N3OS/c16-14-12(4-5-13-15(14)18-9-20-13)17-7-10-2-1-3-11(6-10)8-19/h1-6,9,17,19H,7-8,16H2. The Labute approximate surface area is 120 Å². The largest absolute Gasteiger partial charge is 0.395 e. The lowest BCUT2D eigenvalue weighted by atomic mass is 10.1. The molecular weight excluding hydrogens is 270 g/mol. The van der Waals surface area contributed by atoms with Crippen LogP contribution in [-0.4, -0.2) is 10.1 Å². The molecule has 0 amide bonds. The van der Waals surface area contributed by atoms with Crippen LogP contribution in [0.3, 0.4) is 0 Å². The van der Waals surface area contributed by atoms with E-state index in [4.69, 9.17) is 10.8 Å². The highest BCUT2D eigenvalue weighted by atomic mass is 32.1. The number of anilines is 2. The Morgan fingerprint density at radius 3 is 2.90 bits per heavy atom. The molecular formula is C15H15N3OS. The summed E-state index contributed by atoms with van der Waals surface area (Å²) in [5, 5.41) is 12.5. The van der Waals surface area contributed by atoms with Gasteiger partial charge in [0.15, 0.2) is 0 Å². The molecule has 0 saturated carbocycles. The first-order valence-corrected chi connectivity index (χ1v) is 7.20. The van der Waals surface area contributed by atoms with Gasteiger partial charge < -0.3 is 16.2 Å². The maximum absolute atomic E-state index is 9.14. The first-order chi connectivity index (χ1) is 9.78. The zero-order chi connectivity index (χ0) is 13.9. The van der Waals surface area contributed by atoms with Gasteiger partial charge in [0.1, 0.15) is 5.52 Å². The number of nitrogens with zero attached hydrogens (tertiary/aromatic N) is 1. The van der Waals surface area contributed by atoms with E-state index in [0.29, 0.717) is 12.2 Å². The topological polar surface area (TPSA) is 71.2 Å². The van der Waals surface area contributed by atoms with Crippen molar-refractivity contribution in [3.05, 3.63) is 53.0 Å². The number of hydrogen-bond acceptors (Lipinski definition) is 5. The lowest BCUT2D eigenvalue weighted by molar-refractivity contribution is 0.281. The Bertz CT molecular complexity index is 739. The van der Waals surface area contributed by atoms with Crippen molar-refractivity contribution in [1.82, 2.24) is 4.98 Å². The molecule has 4 nitrogen and oxygen atoms in total. The second-order valence-corrected chi connectivity index (χ2v) is 5.44. The highest BCUT2D eigenvalue weighted by Gasteiger charge is 2.06. The van der Waals surface area contributed by atoms with Gasteiger partial charge in [-0.2, -0.15) is 0 Å². The Hall–Kier alpha value is -2.11. The maximum Gasteiger partial charge on any atom is 0.106 e. The number of nitrogen functional groups attached to an aromatic ring is 1. The van der Waals surface area contributed by atoms with E-state index in [2.05, 4.69) is 10.3 Å². The molecule has 2 aromatic carbocycles. The molecule has 0 aliphatic heterocycles. The highest BCUT2D eigenvalue weighted by molar-refractivity contribution is 7.16. The molecule has 0 saturated heterocycles. The van der Waals surface area contributed by atoms with Crippen molar-refractivity contribution >= 4 is 32.9 Å². The van der Waals surface area contributed by atoms with Crippen molar-refractivity contribution in [3.63, 3.8) is 0 Å². The van der Waals surface area contributed by atoms with Crippen molar-refractivity contribution < 1.29 is 5.11 Å². The summed E-state index contributed by atoms with van der Waals surface area (Å²) in [4.78, 5) is 4.28. The van der Waals surface area contributed by atoms with E-state index in [1.807, 2.05) is 36.4 Å². The lowest BCUT2D eigenvalue weighted by Gasteiger charge is -2.10. The zero-order valence-electron chi connectivity index (χ0n) is 10.8. The van der Waals surface area contributed by atoms with E-state index in [-0.39, 0.29) is 6.61 Å². The smallest absolute Gasteiger partial charge is 0.106 e. The minimum Gasteiger partial charge on any atom is -0.395 e. The van der Waals surface area contributed by atoms with Crippen LogP contribution in [0.1, 0.15) is 11.1 Å². The minimum atomic E-state index is 0.0563. The number of thiazole rings is 1. The van der Waals surface area contributed by atoms with Crippen LogP contribution in [0.4, 0.5) is 11.4 Å². The van der Waals surface area contributed by atoms with Gasteiger partial charge in [-0.3, -0.25) is 0 Å². The summed E-state index contributed by atoms with van der Waals surface area (Å²) in [6.07, 6.45) is 0. The number of fused-ring (bicyclic) bond motifs is 1. The zero-order valence-corrected chi connectivity index (χ0v) is 11.7. The number of nitrogens with two attached hydrogens (primary N) is 1. The predicted molar refractivity (Wildman–Crippen MR) is 83.7 cm³/mol. The third-order valence-corrected chi connectivity index (χ3v) is 3.99. The molecule has 1 aromatic heterocycles. The van der Waals surface area contributed by atoms with E-state index in [1.54, 1.807) is 16.8 Å². The van der Waals surface area contributed by atoms with Crippen LogP contribution in [0.5, 0.6) is 0 Å². The summed E-state index contributed by atoms with van der Waals surface area (Å²) in [5.41, 5.74) is 12.4. The number of aliphatic hydroxyl groups excluding tert-OH is 1. The molecule has 4 N–H and O–H groups in total. The van der Waals surface area contributed by atoms with Crippen LogP contribution < -0.4 is 11.1 Å². The van der Waals surface area contributed by atoms with Crippen LogP contribution in [0.2, 0.25) is 0 Å². The number of nitrogens with one attached hydrogen (secondary N) is 1. The molecule has 0 bridgehead atoms. The van der Waals surface area contributed by atoms with Crippen LogP contribution >= 0.6 is 11.3 Å². The number of aliphatic hydroxyl groups is 1. The van der Waals surface area contributed by atoms with E-state index in [0.717, 1.165) is 27.0 Å². The van der Waals surface area contributed by atoms with Gasteiger partial charge in [0.05, 0.1) is 28.2 Å². The summed E-state index contributed by atoms with van der Waals surface area (Å²) < 4.78 is 1.09. The van der Waals surface area contributed by atoms with Crippen molar-refractivity contribution in [1.29, 1.82) is 0 Å². The number of benzene rings is 2. The monoisotopic (exact) mass is 285 g/mol. The van der Waals surface area contributed by atoms with Gasteiger partial charge in [0.2, 0.25) is 0 Å². The molecule has 1 heterocycles. The lowest BCUT2D eigenvalue weighted by Crippen LogP contribution is -2.03. The van der Waals surface area contributed by atoms with Crippen LogP contribution in [0.25, 0.3) is 10.2 Å². The van der Waals surface area contributed by atoms with E-state index < -0.39 is 0 Å². The van der Waals surface area contributed by atoms with Gasteiger partial charge >= 0.3 is 0 Å². The Morgan fingerprint density at radius 2 is 2.05 bits per heavy atom. The predicted octanol–water partition coefficient (Wildman–Crippen LogP) is 2.98. The molecule has 0 radical (unpaired) electrons. The van der Waals surface area contributed by atoms with Gasteiger partial charge in [-0.25, -0.2) is 4.98 Å². The fraction of sp³-hybridized carbons (Fsp3) is 0.133. The summed E-state index contributed by atoms with van der Waals surface area (Å²) in [6, 6.07) is 11.8. The number of aromatic nitrogens is 1. The van der Waals surface area contributed by atoms with Crippen LogP contribution in [0.15, 0.2) is 41.9 Å². The fourth-order valence-corrected chi connectivity index (χ4v) is 2.83.